The van der Waals surface area contributed by atoms with Gasteiger partial charge in [0.2, 0.25) is 5.91 Å². The lowest BCUT2D eigenvalue weighted by Crippen LogP contribution is -2.35. The summed E-state index contributed by atoms with van der Waals surface area (Å²) in [6.07, 6.45) is 0.905. The minimum absolute atomic E-state index is 0.0779. The molecule has 0 aromatic heterocycles. The molecule has 0 bridgehead atoms. The van der Waals surface area contributed by atoms with Crippen LogP contribution in [0.25, 0.3) is 0 Å². The molecule has 0 spiro atoms. The van der Waals surface area contributed by atoms with Gasteiger partial charge in [-0.25, -0.2) is 0 Å². The highest BCUT2D eigenvalue weighted by atomic mass is 32.1. The first-order valence-corrected chi connectivity index (χ1v) is 4.32. The summed E-state index contributed by atoms with van der Waals surface area (Å²) in [5.74, 6) is 0.598. The van der Waals surface area contributed by atoms with Crippen molar-refractivity contribution in [2.75, 3.05) is 5.75 Å². The van der Waals surface area contributed by atoms with Crippen LogP contribution in [0.3, 0.4) is 0 Å². The minimum atomic E-state index is -0.0779. The zero-order valence-corrected chi connectivity index (χ0v) is 7.95. The zero-order valence-electron chi connectivity index (χ0n) is 7.05. The Morgan fingerprint density at radius 3 is 2.55 bits per heavy atom. The Hall–Kier alpha value is -0.440. The molecule has 0 saturated heterocycles. The Morgan fingerprint density at radius 1 is 1.73 bits per heavy atom. The first-order valence-electron chi connectivity index (χ1n) is 3.69. The molecule has 0 aromatic rings. The van der Waals surface area contributed by atoms with Crippen molar-refractivity contribution in [3.8, 4) is 0 Å². The number of thiol groups is 1. The van der Waals surface area contributed by atoms with Crippen molar-refractivity contribution in [1.29, 1.82) is 0 Å². The molecule has 0 saturated carbocycles. The summed E-state index contributed by atoms with van der Waals surface area (Å²) in [6, 6.07) is 0.169. The van der Waals surface area contributed by atoms with Crippen LogP contribution in [0.15, 0.2) is 12.2 Å². The molecule has 1 unspecified atom stereocenters. The van der Waals surface area contributed by atoms with Crippen molar-refractivity contribution in [3.63, 3.8) is 0 Å². The molecule has 3 heteroatoms. The standard InChI is InChI=1S/C8H15NOS/c1-4-7(5-11)9-8(10)6(2)3/h7,11H,2,4-5H2,1,3H3,(H,9,10). The first-order chi connectivity index (χ1) is 5.11. The summed E-state index contributed by atoms with van der Waals surface area (Å²) >= 11 is 4.09. The van der Waals surface area contributed by atoms with E-state index in [9.17, 15) is 4.79 Å². The molecule has 0 fully saturated rings. The van der Waals surface area contributed by atoms with E-state index in [1.54, 1.807) is 6.92 Å². The van der Waals surface area contributed by atoms with Gasteiger partial charge >= 0.3 is 0 Å². The molecule has 0 aliphatic carbocycles. The van der Waals surface area contributed by atoms with Crippen molar-refractivity contribution < 1.29 is 4.79 Å². The van der Waals surface area contributed by atoms with E-state index in [2.05, 4.69) is 24.5 Å². The Bertz CT molecular complexity index is 152. The van der Waals surface area contributed by atoms with E-state index < -0.39 is 0 Å². The van der Waals surface area contributed by atoms with E-state index in [1.165, 1.54) is 0 Å². The van der Waals surface area contributed by atoms with E-state index >= 15 is 0 Å². The number of hydrogen-bond acceptors (Lipinski definition) is 2. The maximum absolute atomic E-state index is 11.0. The van der Waals surface area contributed by atoms with E-state index in [4.69, 9.17) is 0 Å². The molecular weight excluding hydrogens is 158 g/mol. The SMILES string of the molecule is C=C(C)C(=O)NC(CC)CS. The summed E-state index contributed by atoms with van der Waals surface area (Å²) in [5.41, 5.74) is 0.547. The largest absolute Gasteiger partial charge is 0.349 e. The van der Waals surface area contributed by atoms with Crippen LogP contribution >= 0.6 is 12.6 Å². The maximum Gasteiger partial charge on any atom is 0.246 e. The third kappa shape index (κ3) is 4.09. The Balaban J connectivity index is 3.81. The number of nitrogens with one attached hydrogen (secondary N) is 1. The van der Waals surface area contributed by atoms with E-state index in [-0.39, 0.29) is 11.9 Å². The van der Waals surface area contributed by atoms with E-state index in [1.807, 2.05) is 6.92 Å². The lowest BCUT2D eigenvalue weighted by Gasteiger charge is -2.13. The van der Waals surface area contributed by atoms with Crippen molar-refractivity contribution in [2.45, 2.75) is 26.3 Å². The molecule has 1 amide bonds. The zero-order chi connectivity index (χ0) is 8.85. The van der Waals surface area contributed by atoms with E-state index in [0.29, 0.717) is 11.3 Å². The average molecular weight is 173 g/mol. The third-order valence-corrected chi connectivity index (χ3v) is 1.88. The molecule has 0 radical (unpaired) electrons. The van der Waals surface area contributed by atoms with Gasteiger partial charge in [-0.05, 0) is 13.3 Å². The summed E-state index contributed by atoms with van der Waals surface area (Å²) < 4.78 is 0. The van der Waals surface area contributed by atoms with E-state index in [0.717, 1.165) is 6.42 Å². The Labute approximate surface area is 73.5 Å². The van der Waals surface area contributed by atoms with Crippen molar-refractivity contribution in [3.05, 3.63) is 12.2 Å². The molecule has 0 aliphatic rings. The summed E-state index contributed by atoms with van der Waals surface area (Å²) in [6.45, 7) is 7.25. The first kappa shape index (κ1) is 10.6. The van der Waals surface area contributed by atoms with Gasteiger partial charge in [-0.2, -0.15) is 12.6 Å². The van der Waals surface area contributed by atoms with Crippen molar-refractivity contribution in [2.24, 2.45) is 0 Å². The smallest absolute Gasteiger partial charge is 0.246 e. The number of hydrogen-bond donors (Lipinski definition) is 2. The van der Waals surface area contributed by atoms with Crippen LogP contribution in [0.5, 0.6) is 0 Å². The van der Waals surface area contributed by atoms with Crippen LogP contribution < -0.4 is 5.32 Å². The molecule has 0 aliphatic heterocycles. The summed E-state index contributed by atoms with van der Waals surface area (Å²) in [5, 5.41) is 2.80. The molecule has 1 atom stereocenters. The number of rotatable bonds is 4. The highest BCUT2D eigenvalue weighted by Gasteiger charge is 2.07. The quantitative estimate of drug-likeness (QED) is 0.488. The Kier molecular flexibility index (Phi) is 5.03. The molecule has 2 nitrogen and oxygen atoms in total. The van der Waals surface area contributed by atoms with Crippen molar-refractivity contribution in [1.82, 2.24) is 5.32 Å². The van der Waals surface area contributed by atoms with Gasteiger partial charge in [0.25, 0.3) is 0 Å². The molecule has 0 aromatic carbocycles. The topological polar surface area (TPSA) is 29.1 Å². The minimum Gasteiger partial charge on any atom is -0.349 e. The predicted molar refractivity (Wildman–Crippen MR) is 50.9 cm³/mol. The van der Waals surface area contributed by atoms with Gasteiger partial charge in [0.15, 0.2) is 0 Å². The van der Waals surface area contributed by atoms with Gasteiger partial charge in [-0.1, -0.05) is 13.5 Å². The average Bonchev–Trinajstić information content (AvgIpc) is 1.99. The van der Waals surface area contributed by atoms with Crippen molar-refractivity contribution >= 4 is 18.5 Å². The van der Waals surface area contributed by atoms with Crippen LogP contribution in [-0.2, 0) is 4.79 Å². The van der Waals surface area contributed by atoms with Crippen LogP contribution in [0, 0.1) is 0 Å². The molecule has 11 heavy (non-hydrogen) atoms. The predicted octanol–water partition coefficient (Wildman–Crippen LogP) is 1.39. The lowest BCUT2D eigenvalue weighted by molar-refractivity contribution is -0.118. The van der Waals surface area contributed by atoms with Crippen LogP contribution in [0.2, 0.25) is 0 Å². The van der Waals surface area contributed by atoms with Gasteiger partial charge in [0.1, 0.15) is 0 Å². The molecular formula is C8H15NOS. The van der Waals surface area contributed by atoms with Crippen LogP contribution in [0.4, 0.5) is 0 Å². The fourth-order valence-corrected chi connectivity index (χ4v) is 0.935. The second kappa shape index (κ2) is 5.24. The molecule has 0 heterocycles. The fraction of sp³-hybridized carbons (Fsp3) is 0.625. The monoisotopic (exact) mass is 173 g/mol. The highest BCUT2D eigenvalue weighted by Crippen LogP contribution is 1.95. The third-order valence-electron chi connectivity index (χ3n) is 1.44. The number of carbonyl (C=O) groups excluding carboxylic acids is 1. The molecule has 64 valence electrons. The highest BCUT2D eigenvalue weighted by molar-refractivity contribution is 7.80. The van der Waals surface area contributed by atoms with Gasteiger partial charge < -0.3 is 5.32 Å². The maximum atomic E-state index is 11.0. The normalized spacial score (nSPS) is 12.3. The number of amides is 1. The number of carbonyl (C=O) groups is 1. The van der Waals surface area contributed by atoms with Gasteiger partial charge in [-0.3, -0.25) is 4.79 Å². The molecule has 1 N–H and O–H groups in total. The second-order valence-corrected chi connectivity index (χ2v) is 2.91. The van der Waals surface area contributed by atoms with Gasteiger partial charge in [0.05, 0.1) is 0 Å². The van der Waals surface area contributed by atoms with Crippen LogP contribution in [-0.4, -0.2) is 17.7 Å². The second-order valence-electron chi connectivity index (χ2n) is 2.54. The Morgan fingerprint density at radius 2 is 2.27 bits per heavy atom. The van der Waals surface area contributed by atoms with Gasteiger partial charge in [0, 0.05) is 17.4 Å². The molecule has 0 rings (SSSR count). The summed E-state index contributed by atoms with van der Waals surface area (Å²) in [7, 11) is 0. The lowest BCUT2D eigenvalue weighted by atomic mass is 10.2. The summed E-state index contributed by atoms with van der Waals surface area (Å²) in [4.78, 5) is 11.0. The van der Waals surface area contributed by atoms with Crippen LogP contribution in [0.1, 0.15) is 20.3 Å². The van der Waals surface area contributed by atoms with Gasteiger partial charge in [-0.15, -0.1) is 0 Å². The fourth-order valence-electron chi connectivity index (χ4n) is 0.585.